The number of hydrogen-bond donors (Lipinski definition) is 2. The van der Waals surface area contributed by atoms with Crippen molar-refractivity contribution >= 4 is 34.4 Å². The van der Waals surface area contributed by atoms with E-state index in [1.807, 2.05) is 80.6 Å². The Hall–Kier alpha value is -3.87. The minimum Gasteiger partial charge on any atom is -0.444 e. The number of alkyl carbamates (subject to hydrolysis) is 1. The maximum absolute atomic E-state index is 14.5. The summed E-state index contributed by atoms with van der Waals surface area (Å²) in [7, 11) is 0. The Morgan fingerprint density at radius 2 is 1.62 bits per heavy atom. The number of carbonyl (C=O) groups is 3. The molecule has 3 aromatic carbocycles. The highest BCUT2D eigenvalue weighted by Crippen LogP contribution is 2.41. The number of rotatable bonds is 10. The molecule has 0 heterocycles. The highest BCUT2D eigenvalue weighted by molar-refractivity contribution is 6.00. The third kappa shape index (κ3) is 7.50. The van der Waals surface area contributed by atoms with Crippen molar-refractivity contribution in [1.29, 1.82) is 0 Å². The largest absolute Gasteiger partial charge is 0.444 e. The third-order valence-corrected chi connectivity index (χ3v) is 8.08. The van der Waals surface area contributed by atoms with Gasteiger partial charge in [-0.05, 0) is 79.5 Å². The number of anilines is 1. The van der Waals surface area contributed by atoms with Crippen molar-refractivity contribution in [3.05, 3.63) is 77.9 Å². The second-order valence-electron chi connectivity index (χ2n) is 12.6. The summed E-state index contributed by atoms with van der Waals surface area (Å²) in [5.74, 6) is -0.503. The van der Waals surface area contributed by atoms with Gasteiger partial charge in [-0.1, -0.05) is 88.7 Å². The van der Waals surface area contributed by atoms with E-state index in [2.05, 4.69) is 24.5 Å². The molecule has 0 spiro atoms. The van der Waals surface area contributed by atoms with E-state index in [-0.39, 0.29) is 29.7 Å². The van der Waals surface area contributed by atoms with E-state index in [1.54, 1.807) is 25.7 Å². The summed E-state index contributed by atoms with van der Waals surface area (Å²) in [6.45, 7) is 13.5. The second kappa shape index (κ2) is 13.0. The van der Waals surface area contributed by atoms with Gasteiger partial charge < -0.3 is 20.3 Å². The molecule has 1 aliphatic carbocycles. The van der Waals surface area contributed by atoms with Crippen LogP contribution in [0.2, 0.25) is 0 Å². The lowest BCUT2D eigenvalue weighted by Crippen LogP contribution is -2.55. The number of nitrogens with zero attached hydrogens (tertiary/aromatic N) is 1. The van der Waals surface area contributed by atoms with Crippen molar-refractivity contribution in [3.63, 3.8) is 0 Å². The molecule has 1 saturated carbocycles. The Kier molecular flexibility index (Phi) is 9.60. The molecule has 5 atom stereocenters. The fraction of sp³-hybridized carbons (Fsp3) is 0.457. The number of amides is 3. The van der Waals surface area contributed by atoms with Gasteiger partial charge in [0.15, 0.2) is 0 Å². The van der Waals surface area contributed by atoms with Gasteiger partial charge in [0.25, 0.3) is 5.91 Å². The van der Waals surface area contributed by atoms with Gasteiger partial charge >= 0.3 is 6.09 Å². The van der Waals surface area contributed by atoms with Crippen molar-refractivity contribution in [2.24, 2.45) is 11.8 Å². The zero-order chi connectivity index (χ0) is 30.6. The molecule has 0 saturated heterocycles. The first-order valence-electron chi connectivity index (χ1n) is 15.1. The average molecular weight is 572 g/mol. The lowest BCUT2D eigenvalue weighted by atomic mass is 9.95. The first kappa shape index (κ1) is 31.1. The number of benzene rings is 3. The molecule has 42 heavy (non-hydrogen) atoms. The molecule has 7 heteroatoms. The van der Waals surface area contributed by atoms with Gasteiger partial charge in [0.1, 0.15) is 17.7 Å². The first-order valence-corrected chi connectivity index (χ1v) is 15.1. The van der Waals surface area contributed by atoms with Crippen LogP contribution in [0.5, 0.6) is 0 Å². The topological polar surface area (TPSA) is 87.7 Å². The van der Waals surface area contributed by atoms with E-state index in [1.165, 1.54) is 0 Å². The number of carbonyl (C=O) groups excluding carboxylic acids is 3. The van der Waals surface area contributed by atoms with Crippen LogP contribution in [0.15, 0.2) is 66.7 Å². The van der Waals surface area contributed by atoms with E-state index in [0.29, 0.717) is 12.1 Å². The molecular formula is C35H45N3O4. The summed E-state index contributed by atoms with van der Waals surface area (Å²) < 4.78 is 5.52. The Labute approximate surface area is 250 Å². The number of ether oxygens (including phenoxy) is 1. The maximum atomic E-state index is 14.5. The second-order valence-corrected chi connectivity index (χ2v) is 12.6. The number of nitrogens with one attached hydrogen (secondary N) is 2. The number of hydrogen-bond acceptors (Lipinski definition) is 4. The van der Waals surface area contributed by atoms with Gasteiger partial charge in [-0.15, -0.1) is 0 Å². The van der Waals surface area contributed by atoms with Crippen molar-refractivity contribution in [2.45, 2.75) is 91.5 Å². The van der Waals surface area contributed by atoms with E-state index in [0.717, 1.165) is 34.7 Å². The number of fused-ring (bicyclic) bond motifs is 1. The Balaban J connectivity index is 1.73. The van der Waals surface area contributed by atoms with Gasteiger partial charge in [-0.2, -0.15) is 0 Å². The summed E-state index contributed by atoms with van der Waals surface area (Å²) >= 11 is 0. The third-order valence-electron chi connectivity index (χ3n) is 8.08. The molecule has 7 nitrogen and oxygen atoms in total. The van der Waals surface area contributed by atoms with Crippen LogP contribution in [0.3, 0.4) is 0 Å². The summed E-state index contributed by atoms with van der Waals surface area (Å²) in [5.41, 5.74) is 1.84. The molecule has 5 unspecified atom stereocenters. The molecule has 0 radical (unpaired) electrons. The van der Waals surface area contributed by atoms with Crippen LogP contribution in [0.4, 0.5) is 10.5 Å². The molecule has 0 aromatic heterocycles. The Bertz CT molecular complexity index is 1410. The highest BCUT2D eigenvalue weighted by atomic mass is 16.6. The summed E-state index contributed by atoms with van der Waals surface area (Å²) in [5, 5.41) is 8.05. The van der Waals surface area contributed by atoms with Gasteiger partial charge in [0.2, 0.25) is 5.91 Å². The normalized spacial score (nSPS) is 18.5. The Morgan fingerprint density at radius 3 is 2.19 bits per heavy atom. The molecule has 3 amide bonds. The molecule has 0 bridgehead atoms. The lowest BCUT2D eigenvalue weighted by Gasteiger charge is -2.36. The minimum absolute atomic E-state index is 0.123. The molecule has 4 rings (SSSR count). The zero-order valence-corrected chi connectivity index (χ0v) is 25.9. The van der Waals surface area contributed by atoms with Crippen LogP contribution in [-0.4, -0.2) is 40.5 Å². The SMILES string of the molecule is CCc1ccc(C(C(=O)Nc2ccc3ccccc3c2)N(C(=O)C(NC(=O)OC(C)(C)C)C(C)CC)C2CC2C)cc1. The van der Waals surface area contributed by atoms with Gasteiger partial charge in [0.05, 0.1) is 0 Å². The average Bonchev–Trinajstić information content (AvgIpc) is 3.68. The maximum Gasteiger partial charge on any atom is 0.408 e. The molecular weight excluding hydrogens is 526 g/mol. The fourth-order valence-electron chi connectivity index (χ4n) is 5.30. The monoisotopic (exact) mass is 571 g/mol. The molecule has 3 aromatic rings. The molecule has 1 aliphatic rings. The van der Waals surface area contributed by atoms with Crippen LogP contribution in [0, 0.1) is 11.8 Å². The first-order chi connectivity index (χ1) is 19.9. The van der Waals surface area contributed by atoms with Crippen molar-refractivity contribution in [3.8, 4) is 0 Å². The summed E-state index contributed by atoms with van der Waals surface area (Å²) in [6.07, 6.45) is 1.68. The smallest absolute Gasteiger partial charge is 0.408 e. The predicted molar refractivity (Wildman–Crippen MR) is 168 cm³/mol. The molecule has 0 aliphatic heterocycles. The van der Waals surface area contributed by atoms with Gasteiger partial charge in [0, 0.05) is 11.7 Å². The van der Waals surface area contributed by atoms with Crippen LogP contribution >= 0.6 is 0 Å². The standard InChI is InChI=1S/C35H45N3O4/c1-8-22(3)30(37-34(41)42-35(5,6)7)33(40)38(29-20-23(29)4)31(26-16-14-24(9-2)15-17-26)32(39)36-28-19-18-25-12-10-11-13-27(25)21-28/h10-19,21-23,29-31H,8-9,20H2,1-7H3,(H,36,39)(H,37,41). The van der Waals surface area contributed by atoms with Crippen LogP contribution < -0.4 is 10.6 Å². The van der Waals surface area contributed by atoms with Crippen LogP contribution in [0.25, 0.3) is 10.8 Å². The van der Waals surface area contributed by atoms with E-state index < -0.39 is 23.8 Å². The molecule has 224 valence electrons. The summed E-state index contributed by atoms with van der Waals surface area (Å²) in [6, 6.07) is 19.8. The van der Waals surface area contributed by atoms with Gasteiger partial charge in [-0.3, -0.25) is 9.59 Å². The van der Waals surface area contributed by atoms with Crippen molar-refractivity contribution in [1.82, 2.24) is 10.2 Å². The van der Waals surface area contributed by atoms with Crippen molar-refractivity contribution < 1.29 is 19.1 Å². The highest BCUT2D eigenvalue weighted by Gasteiger charge is 2.49. The van der Waals surface area contributed by atoms with E-state index in [4.69, 9.17) is 4.74 Å². The zero-order valence-electron chi connectivity index (χ0n) is 25.9. The molecule has 1 fully saturated rings. The number of aryl methyl sites for hydroxylation is 1. The van der Waals surface area contributed by atoms with Crippen molar-refractivity contribution in [2.75, 3.05) is 5.32 Å². The van der Waals surface area contributed by atoms with Gasteiger partial charge in [-0.25, -0.2) is 4.79 Å². The minimum atomic E-state index is -0.878. The Morgan fingerprint density at radius 1 is 0.976 bits per heavy atom. The fourth-order valence-corrected chi connectivity index (χ4v) is 5.30. The molecule has 2 N–H and O–H groups in total. The van der Waals surface area contributed by atoms with E-state index >= 15 is 0 Å². The quantitative estimate of drug-likeness (QED) is 0.268. The lowest BCUT2D eigenvalue weighted by molar-refractivity contribution is -0.142. The summed E-state index contributed by atoms with van der Waals surface area (Å²) in [4.78, 5) is 43.4. The van der Waals surface area contributed by atoms with E-state index in [9.17, 15) is 14.4 Å². The predicted octanol–water partition coefficient (Wildman–Crippen LogP) is 7.26. The van der Waals surface area contributed by atoms with Crippen LogP contribution in [0.1, 0.15) is 78.5 Å². The van der Waals surface area contributed by atoms with Crippen LogP contribution in [-0.2, 0) is 20.7 Å².